The Kier molecular flexibility index (Phi) is 3.46. The van der Waals surface area contributed by atoms with Crippen molar-refractivity contribution in [2.45, 2.75) is 31.8 Å². The van der Waals surface area contributed by atoms with Crippen LogP contribution in [0.15, 0.2) is 0 Å². The summed E-state index contributed by atoms with van der Waals surface area (Å²) in [5.41, 5.74) is -1.75. The van der Waals surface area contributed by atoms with Gasteiger partial charge < -0.3 is 5.11 Å². The molecular weight excluding hydrogens is 128 g/mol. The molecule has 3 nitrogen and oxygen atoms in total. The highest BCUT2D eigenvalue weighted by atomic mass is 16.3. The van der Waals surface area contributed by atoms with Gasteiger partial charge in [-0.25, -0.2) is 0 Å². The number of hydrogen-bond donors (Lipinski definition) is 1. The zero-order chi connectivity index (χ0) is 8.04. The molecule has 0 rings (SSSR count). The highest BCUT2D eigenvalue weighted by molar-refractivity contribution is 5.15. The summed E-state index contributed by atoms with van der Waals surface area (Å²) in [6.07, 6.45) is 1.83. The molecule has 0 aromatic heterocycles. The molecule has 10 heavy (non-hydrogen) atoms. The molecule has 0 aromatic rings. The molecule has 0 radical (unpaired) electrons. The fraction of sp³-hybridized carbons (Fsp3) is 0.714. The molecule has 0 aliphatic rings. The van der Waals surface area contributed by atoms with Crippen LogP contribution in [0.5, 0.6) is 0 Å². The molecule has 0 aliphatic heterocycles. The van der Waals surface area contributed by atoms with Gasteiger partial charge in [-0.1, -0.05) is 13.3 Å². The van der Waals surface area contributed by atoms with Gasteiger partial charge in [-0.3, -0.25) is 0 Å². The standard InChI is InChI=1S/C7H10N2O/c1-2-3-4-7(10,5-8)6-9/h10H,2-4H2,1H3. The Labute approximate surface area is 60.5 Å². The Morgan fingerprint density at radius 2 is 1.90 bits per heavy atom. The summed E-state index contributed by atoms with van der Waals surface area (Å²) in [6.45, 7) is 1.94. The van der Waals surface area contributed by atoms with E-state index >= 15 is 0 Å². The molecule has 0 saturated heterocycles. The summed E-state index contributed by atoms with van der Waals surface area (Å²) < 4.78 is 0. The van der Waals surface area contributed by atoms with Crippen LogP contribution in [0.2, 0.25) is 0 Å². The topological polar surface area (TPSA) is 67.8 Å². The number of hydrogen-bond acceptors (Lipinski definition) is 3. The summed E-state index contributed by atoms with van der Waals surface area (Å²) in [7, 11) is 0. The first-order chi connectivity index (χ1) is 4.68. The maximum absolute atomic E-state index is 9.04. The lowest BCUT2D eigenvalue weighted by molar-refractivity contribution is 0.145. The number of rotatable bonds is 3. The molecular formula is C7H10N2O. The second-order valence-electron chi connectivity index (χ2n) is 2.19. The minimum absolute atomic E-state index is 0.247. The number of aliphatic hydroxyl groups is 1. The van der Waals surface area contributed by atoms with Gasteiger partial charge in [0.05, 0.1) is 0 Å². The highest BCUT2D eigenvalue weighted by Crippen LogP contribution is 2.11. The van der Waals surface area contributed by atoms with Crippen molar-refractivity contribution in [3.63, 3.8) is 0 Å². The Balaban J connectivity index is 3.88. The van der Waals surface area contributed by atoms with Gasteiger partial charge in [0, 0.05) is 6.42 Å². The van der Waals surface area contributed by atoms with E-state index in [1.807, 2.05) is 6.92 Å². The molecule has 0 saturated carbocycles. The molecule has 0 heterocycles. The summed E-state index contributed by atoms with van der Waals surface area (Å²) in [6, 6.07) is 3.11. The van der Waals surface area contributed by atoms with Crippen LogP contribution in [-0.4, -0.2) is 10.7 Å². The fourth-order valence-corrected chi connectivity index (χ4v) is 0.569. The maximum Gasteiger partial charge on any atom is 0.238 e. The van der Waals surface area contributed by atoms with Crippen molar-refractivity contribution in [1.29, 1.82) is 10.5 Å². The lowest BCUT2D eigenvalue weighted by Gasteiger charge is -2.08. The number of unbranched alkanes of at least 4 members (excludes halogenated alkanes) is 1. The highest BCUT2D eigenvalue weighted by Gasteiger charge is 2.24. The Hall–Kier alpha value is -1.06. The average molecular weight is 138 g/mol. The summed E-state index contributed by atoms with van der Waals surface area (Å²) >= 11 is 0. The van der Waals surface area contributed by atoms with Crippen LogP contribution in [0.25, 0.3) is 0 Å². The first-order valence-corrected chi connectivity index (χ1v) is 3.23. The molecule has 0 bridgehead atoms. The SMILES string of the molecule is CCCCC(O)(C#N)C#N. The maximum atomic E-state index is 9.04. The normalized spacial score (nSPS) is 10.0. The van der Waals surface area contributed by atoms with Crippen molar-refractivity contribution >= 4 is 0 Å². The summed E-state index contributed by atoms with van der Waals surface area (Å²) in [5, 5.41) is 25.6. The molecule has 3 heteroatoms. The van der Waals surface area contributed by atoms with Crippen molar-refractivity contribution in [1.82, 2.24) is 0 Å². The molecule has 0 fully saturated rings. The molecule has 0 aliphatic carbocycles. The number of nitriles is 2. The van der Waals surface area contributed by atoms with Gasteiger partial charge in [-0.15, -0.1) is 0 Å². The van der Waals surface area contributed by atoms with E-state index in [2.05, 4.69) is 0 Å². The van der Waals surface area contributed by atoms with Gasteiger partial charge >= 0.3 is 0 Å². The van der Waals surface area contributed by atoms with Crippen LogP contribution in [-0.2, 0) is 0 Å². The molecule has 0 atom stereocenters. The molecule has 0 aromatic carbocycles. The van der Waals surface area contributed by atoms with E-state index in [9.17, 15) is 0 Å². The first kappa shape index (κ1) is 8.94. The Morgan fingerprint density at radius 3 is 2.20 bits per heavy atom. The Morgan fingerprint density at radius 1 is 1.40 bits per heavy atom. The first-order valence-electron chi connectivity index (χ1n) is 3.23. The van der Waals surface area contributed by atoms with Crippen molar-refractivity contribution in [2.24, 2.45) is 0 Å². The van der Waals surface area contributed by atoms with Crippen molar-refractivity contribution in [3.05, 3.63) is 0 Å². The third kappa shape index (κ3) is 2.48. The van der Waals surface area contributed by atoms with Crippen LogP contribution < -0.4 is 0 Å². The quantitative estimate of drug-likeness (QED) is 0.590. The average Bonchev–Trinajstić information content (AvgIpc) is 2.00. The van der Waals surface area contributed by atoms with Crippen LogP contribution in [0.3, 0.4) is 0 Å². The largest absolute Gasteiger partial charge is 0.364 e. The van der Waals surface area contributed by atoms with E-state index in [1.165, 1.54) is 0 Å². The second-order valence-corrected chi connectivity index (χ2v) is 2.19. The lowest BCUT2D eigenvalue weighted by atomic mass is 10.0. The van der Waals surface area contributed by atoms with Crippen molar-refractivity contribution < 1.29 is 5.11 Å². The third-order valence-electron chi connectivity index (χ3n) is 1.26. The van der Waals surface area contributed by atoms with Crippen LogP contribution in [0.4, 0.5) is 0 Å². The molecule has 54 valence electrons. The smallest absolute Gasteiger partial charge is 0.238 e. The predicted molar refractivity (Wildman–Crippen MR) is 35.7 cm³/mol. The minimum atomic E-state index is -1.75. The van der Waals surface area contributed by atoms with Gasteiger partial charge in [0.25, 0.3) is 0 Å². The van der Waals surface area contributed by atoms with Gasteiger partial charge in [0.1, 0.15) is 12.1 Å². The van der Waals surface area contributed by atoms with E-state index in [1.54, 1.807) is 12.1 Å². The molecule has 0 unspecified atom stereocenters. The zero-order valence-corrected chi connectivity index (χ0v) is 5.96. The van der Waals surface area contributed by atoms with E-state index < -0.39 is 5.60 Å². The van der Waals surface area contributed by atoms with Gasteiger partial charge in [-0.2, -0.15) is 10.5 Å². The fourth-order valence-electron chi connectivity index (χ4n) is 0.569. The zero-order valence-electron chi connectivity index (χ0n) is 5.96. The van der Waals surface area contributed by atoms with Crippen LogP contribution >= 0.6 is 0 Å². The second kappa shape index (κ2) is 3.87. The molecule has 0 spiro atoms. The van der Waals surface area contributed by atoms with E-state index in [4.69, 9.17) is 15.6 Å². The molecule has 0 amide bonds. The van der Waals surface area contributed by atoms with Gasteiger partial charge in [-0.05, 0) is 6.42 Å². The monoisotopic (exact) mass is 138 g/mol. The Bertz CT molecular complexity index is 161. The molecule has 1 N–H and O–H groups in total. The van der Waals surface area contributed by atoms with E-state index in [0.717, 1.165) is 6.42 Å². The van der Waals surface area contributed by atoms with Crippen molar-refractivity contribution in [2.75, 3.05) is 0 Å². The van der Waals surface area contributed by atoms with E-state index in [0.29, 0.717) is 6.42 Å². The van der Waals surface area contributed by atoms with Crippen LogP contribution in [0, 0.1) is 22.7 Å². The minimum Gasteiger partial charge on any atom is -0.364 e. The third-order valence-corrected chi connectivity index (χ3v) is 1.26. The van der Waals surface area contributed by atoms with E-state index in [-0.39, 0.29) is 6.42 Å². The summed E-state index contributed by atoms with van der Waals surface area (Å²) in [4.78, 5) is 0. The predicted octanol–water partition coefficient (Wildman–Crippen LogP) is 0.955. The summed E-state index contributed by atoms with van der Waals surface area (Å²) in [5.74, 6) is 0. The van der Waals surface area contributed by atoms with Gasteiger partial charge in [0.2, 0.25) is 5.60 Å². The van der Waals surface area contributed by atoms with Gasteiger partial charge in [0.15, 0.2) is 0 Å². The van der Waals surface area contributed by atoms with Crippen molar-refractivity contribution in [3.8, 4) is 12.1 Å². The lowest BCUT2D eigenvalue weighted by Crippen LogP contribution is -2.23. The van der Waals surface area contributed by atoms with Crippen LogP contribution in [0.1, 0.15) is 26.2 Å². The number of nitrogens with zero attached hydrogens (tertiary/aromatic N) is 2.